The Labute approximate surface area is 112 Å². The van der Waals surface area contributed by atoms with Gasteiger partial charge in [0.15, 0.2) is 0 Å². The van der Waals surface area contributed by atoms with Crippen LogP contribution in [0.1, 0.15) is 44.7 Å². The third-order valence-corrected chi connectivity index (χ3v) is 2.84. The third-order valence-electron chi connectivity index (χ3n) is 2.84. The predicted molar refractivity (Wildman–Crippen MR) is 78.5 cm³/mol. The molecule has 1 aromatic carbocycles. The largest absolute Gasteiger partial charge is 0.492 e. The Morgan fingerprint density at radius 2 is 1.83 bits per heavy atom. The van der Waals surface area contributed by atoms with Gasteiger partial charge in [-0.2, -0.15) is 0 Å². The average molecular weight is 249 g/mol. The molecule has 0 unspecified atom stereocenters. The molecule has 0 saturated carbocycles. The highest BCUT2D eigenvalue weighted by Gasteiger charge is 2.03. The summed E-state index contributed by atoms with van der Waals surface area (Å²) in [7, 11) is 0. The molecule has 2 nitrogen and oxygen atoms in total. The van der Waals surface area contributed by atoms with Crippen molar-refractivity contribution in [2.75, 3.05) is 19.7 Å². The van der Waals surface area contributed by atoms with Crippen LogP contribution in [0.3, 0.4) is 0 Å². The van der Waals surface area contributed by atoms with Crippen molar-refractivity contribution >= 4 is 0 Å². The van der Waals surface area contributed by atoms with Crippen LogP contribution in [0.15, 0.2) is 18.2 Å². The van der Waals surface area contributed by atoms with Gasteiger partial charge in [-0.25, -0.2) is 0 Å². The summed E-state index contributed by atoms with van der Waals surface area (Å²) in [5, 5.41) is 3.38. The van der Waals surface area contributed by atoms with E-state index in [2.05, 4.69) is 58.1 Å². The van der Waals surface area contributed by atoms with Gasteiger partial charge in [-0.05, 0) is 48.6 Å². The van der Waals surface area contributed by atoms with Gasteiger partial charge in [0.25, 0.3) is 0 Å². The predicted octanol–water partition coefficient (Wildman–Crippen LogP) is 3.74. The van der Waals surface area contributed by atoms with Crippen molar-refractivity contribution < 1.29 is 4.74 Å². The van der Waals surface area contributed by atoms with Gasteiger partial charge in [-0.3, -0.25) is 0 Å². The second-order valence-electron chi connectivity index (χ2n) is 5.68. The second kappa shape index (κ2) is 7.42. The summed E-state index contributed by atoms with van der Waals surface area (Å²) in [6.07, 6.45) is 0. The van der Waals surface area contributed by atoms with Crippen molar-refractivity contribution in [3.63, 3.8) is 0 Å². The summed E-state index contributed by atoms with van der Waals surface area (Å²) in [5.74, 6) is 2.23. The first-order chi connectivity index (χ1) is 8.49. The molecule has 0 amide bonds. The topological polar surface area (TPSA) is 21.3 Å². The minimum atomic E-state index is 0.548. The van der Waals surface area contributed by atoms with Crippen LogP contribution in [0.4, 0.5) is 0 Å². The van der Waals surface area contributed by atoms with Crippen LogP contribution < -0.4 is 10.1 Å². The van der Waals surface area contributed by atoms with E-state index in [9.17, 15) is 0 Å². The molecule has 2 heteroatoms. The first-order valence-electron chi connectivity index (χ1n) is 6.94. The van der Waals surface area contributed by atoms with Gasteiger partial charge in [0.05, 0.1) is 0 Å². The Bertz CT molecular complexity index is 358. The molecular formula is C16H27NO. The lowest BCUT2D eigenvalue weighted by atomic mass is 10.0. The molecule has 0 heterocycles. The maximum absolute atomic E-state index is 5.80. The molecule has 0 spiro atoms. The lowest BCUT2D eigenvalue weighted by molar-refractivity contribution is 0.310. The fourth-order valence-electron chi connectivity index (χ4n) is 1.83. The van der Waals surface area contributed by atoms with Gasteiger partial charge in [0.1, 0.15) is 12.4 Å². The number of nitrogens with one attached hydrogen (secondary N) is 1. The van der Waals surface area contributed by atoms with Crippen LogP contribution in [0, 0.1) is 12.8 Å². The van der Waals surface area contributed by atoms with Crippen molar-refractivity contribution in [3.8, 4) is 5.75 Å². The van der Waals surface area contributed by atoms with E-state index in [1.165, 1.54) is 11.1 Å². The molecule has 1 N–H and O–H groups in total. The summed E-state index contributed by atoms with van der Waals surface area (Å²) < 4.78 is 5.80. The SMILES string of the molecule is Cc1cc(OCCNCC(C)C)cc(C(C)C)c1. The van der Waals surface area contributed by atoms with Crippen LogP contribution in [0.5, 0.6) is 5.75 Å². The van der Waals surface area contributed by atoms with E-state index in [1.807, 2.05) is 0 Å². The third kappa shape index (κ3) is 5.54. The summed E-state index contributed by atoms with van der Waals surface area (Å²) >= 11 is 0. The molecule has 18 heavy (non-hydrogen) atoms. The van der Waals surface area contributed by atoms with E-state index in [4.69, 9.17) is 4.74 Å². The Hall–Kier alpha value is -1.02. The highest BCUT2D eigenvalue weighted by Crippen LogP contribution is 2.22. The Morgan fingerprint density at radius 3 is 2.44 bits per heavy atom. The number of aryl methyl sites for hydroxylation is 1. The average Bonchev–Trinajstić information content (AvgIpc) is 2.27. The minimum absolute atomic E-state index is 0.548. The fraction of sp³-hybridized carbons (Fsp3) is 0.625. The van der Waals surface area contributed by atoms with E-state index in [1.54, 1.807) is 0 Å². The van der Waals surface area contributed by atoms with Gasteiger partial charge < -0.3 is 10.1 Å². The highest BCUT2D eigenvalue weighted by atomic mass is 16.5. The molecule has 0 bridgehead atoms. The molecule has 1 rings (SSSR count). The molecule has 0 aliphatic rings. The number of benzene rings is 1. The van der Waals surface area contributed by atoms with Crippen LogP contribution in [0.2, 0.25) is 0 Å². The summed E-state index contributed by atoms with van der Waals surface area (Å²) in [4.78, 5) is 0. The molecule has 0 fully saturated rings. The highest BCUT2D eigenvalue weighted by molar-refractivity contribution is 5.35. The Kier molecular flexibility index (Phi) is 6.20. The lowest BCUT2D eigenvalue weighted by Crippen LogP contribution is -2.24. The van der Waals surface area contributed by atoms with Crippen LogP contribution in [-0.4, -0.2) is 19.7 Å². The van der Waals surface area contributed by atoms with Gasteiger partial charge >= 0.3 is 0 Å². The van der Waals surface area contributed by atoms with Crippen molar-refractivity contribution in [2.45, 2.75) is 40.5 Å². The number of ether oxygens (including phenoxy) is 1. The number of rotatable bonds is 7. The maximum atomic E-state index is 5.80. The molecular weight excluding hydrogens is 222 g/mol. The van der Waals surface area contributed by atoms with Gasteiger partial charge in [0.2, 0.25) is 0 Å². The smallest absolute Gasteiger partial charge is 0.119 e. The Morgan fingerprint density at radius 1 is 1.11 bits per heavy atom. The van der Waals surface area contributed by atoms with Crippen LogP contribution in [-0.2, 0) is 0 Å². The molecule has 1 aromatic rings. The van der Waals surface area contributed by atoms with Gasteiger partial charge in [-0.15, -0.1) is 0 Å². The van der Waals surface area contributed by atoms with Crippen LogP contribution in [0.25, 0.3) is 0 Å². The van der Waals surface area contributed by atoms with Crippen molar-refractivity contribution in [1.29, 1.82) is 0 Å². The van der Waals surface area contributed by atoms with Crippen molar-refractivity contribution in [3.05, 3.63) is 29.3 Å². The maximum Gasteiger partial charge on any atom is 0.119 e. The number of hydrogen-bond donors (Lipinski definition) is 1. The molecule has 0 aliphatic carbocycles. The van der Waals surface area contributed by atoms with Crippen molar-refractivity contribution in [2.24, 2.45) is 5.92 Å². The molecule has 0 saturated heterocycles. The van der Waals surface area contributed by atoms with Gasteiger partial charge in [0, 0.05) is 6.54 Å². The van der Waals surface area contributed by atoms with E-state index in [-0.39, 0.29) is 0 Å². The zero-order chi connectivity index (χ0) is 13.5. The number of hydrogen-bond acceptors (Lipinski definition) is 2. The molecule has 102 valence electrons. The zero-order valence-electron chi connectivity index (χ0n) is 12.4. The Balaban J connectivity index is 2.42. The van der Waals surface area contributed by atoms with E-state index in [0.29, 0.717) is 11.8 Å². The standard InChI is InChI=1S/C16H27NO/c1-12(2)11-17-6-7-18-16-9-14(5)8-15(10-16)13(3)4/h8-10,12-13,17H,6-7,11H2,1-5H3. The second-order valence-corrected chi connectivity index (χ2v) is 5.68. The summed E-state index contributed by atoms with van der Waals surface area (Å²) in [6.45, 7) is 13.7. The normalized spacial score (nSPS) is 11.3. The van der Waals surface area contributed by atoms with Crippen LogP contribution >= 0.6 is 0 Å². The summed E-state index contributed by atoms with van der Waals surface area (Å²) in [6, 6.07) is 6.49. The van der Waals surface area contributed by atoms with E-state index < -0.39 is 0 Å². The molecule has 0 atom stereocenters. The first-order valence-corrected chi connectivity index (χ1v) is 6.94. The first kappa shape index (κ1) is 15.0. The molecule has 0 aliphatic heterocycles. The van der Waals surface area contributed by atoms with E-state index in [0.717, 1.165) is 25.4 Å². The quantitative estimate of drug-likeness (QED) is 0.743. The fourth-order valence-corrected chi connectivity index (χ4v) is 1.83. The monoisotopic (exact) mass is 249 g/mol. The lowest BCUT2D eigenvalue weighted by Gasteiger charge is -2.12. The summed E-state index contributed by atoms with van der Waals surface area (Å²) in [5.41, 5.74) is 2.62. The minimum Gasteiger partial charge on any atom is -0.492 e. The van der Waals surface area contributed by atoms with E-state index >= 15 is 0 Å². The molecule has 0 aromatic heterocycles. The zero-order valence-corrected chi connectivity index (χ0v) is 12.4. The van der Waals surface area contributed by atoms with Gasteiger partial charge in [-0.1, -0.05) is 33.8 Å². The molecule has 0 radical (unpaired) electrons. The van der Waals surface area contributed by atoms with Crippen molar-refractivity contribution in [1.82, 2.24) is 5.32 Å².